The van der Waals surface area contributed by atoms with Crippen LogP contribution in [0.3, 0.4) is 0 Å². The minimum absolute atomic E-state index is 0.0999. The van der Waals surface area contributed by atoms with Crippen LogP contribution in [0, 0.1) is 5.92 Å². The van der Waals surface area contributed by atoms with E-state index in [1.807, 2.05) is 0 Å². The highest BCUT2D eigenvalue weighted by molar-refractivity contribution is 6.39. The highest BCUT2D eigenvalue weighted by Gasteiger charge is 2.36. The smallest absolute Gasteiger partial charge is 0.311 e. The summed E-state index contributed by atoms with van der Waals surface area (Å²) in [7, 11) is 1.32. The van der Waals surface area contributed by atoms with E-state index in [4.69, 9.17) is 33.7 Å². The molecule has 3 N–H and O–H groups in total. The standard InChI is InChI=1S/C14H17Cl2N3O3/c1-22-14(21)8-5-19(6-11(8)17)7-12(20)18-13-9(15)3-2-4-10(13)16/h2-4,8,11H,5-7,17H2,1H3,(H,18,20). The predicted octanol–water partition coefficient (Wildman–Crippen LogP) is 1.36. The Hall–Kier alpha value is -1.34. The van der Waals surface area contributed by atoms with Crippen molar-refractivity contribution in [3.05, 3.63) is 28.2 Å². The molecule has 0 aliphatic carbocycles. The molecule has 1 heterocycles. The van der Waals surface area contributed by atoms with Crippen molar-refractivity contribution in [2.75, 3.05) is 32.1 Å². The van der Waals surface area contributed by atoms with Crippen molar-refractivity contribution >= 4 is 40.8 Å². The van der Waals surface area contributed by atoms with E-state index in [2.05, 4.69) is 5.32 Å². The molecule has 8 heteroatoms. The summed E-state index contributed by atoms with van der Waals surface area (Å²) < 4.78 is 4.70. The third-order valence-electron chi connectivity index (χ3n) is 3.54. The Morgan fingerprint density at radius 1 is 1.36 bits per heavy atom. The summed E-state index contributed by atoms with van der Waals surface area (Å²) in [5.74, 6) is -1.04. The number of benzene rings is 1. The van der Waals surface area contributed by atoms with Crippen LogP contribution in [0.25, 0.3) is 0 Å². The van der Waals surface area contributed by atoms with Crippen LogP contribution in [0.15, 0.2) is 18.2 Å². The molecule has 1 aromatic carbocycles. The van der Waals surface area contributed by atoms with Crippen LogP contribution in [0.5, 0.6) is 0 Å². The Morgan fingerprint density at radius 2 is 2.00 bits per heavy atom. The van der Waals surface area contributed by atoms with Gasteiger partial charge in [0.25, 0.3) is 0 Å². The number of nitrogens with zero attached hydrogens (tertiary/aromatic N) is 1. The molecule has 6 nitrogen and oxygen atoms in total. The molecule has 2 atom stereocenters. The number of carbonyl (C=O) groups is 2. The Labute approximate surface area is 138 Å². The van der Waals surface area contributed by atoms with Crippen LogP contribution in [0.4, 0.5) is 5.69 Å². The first-order valence-electron chi connectivity index (χ1n) is 6.72. The lowest BCUT2D eigenvalue weighted by Crippen LogP contribution is -2.35. The molecule has 1 amide bonds. The zero-order valence-electron chi connectivity index (χ0n) is 12.0. The summed E-state index contributed by atoms with van der Waals surface area (Å²) in [6.45, 7) is 0.934. The van der Waals surface area contributed by atoms with E-state index in [1.54, 1.807) is 23.1 Å². The van der Waals surface area contributed by atoms with Crippen molar-refractivity contribution in [3.8, 4) is 0 Å². The van der Waals surface area contributed by atoms with Gasteiger partial charge in [0, 0.05) is 19.1 Å². The SMILES string of the molecule is COC(=O)C1CN(CC(=O)Nc2c(Cl)cccc2Cl)CC1N. The molecule has 2 unspecified atom stereocenters. The fourth-order valence-corrected chi connectivity index (χ4v) is 2.93. The molecule has 0 aromatic heterocycles. The van der Waals surface area contributed by atoms with Gasteiger partial charge >= 0.3 is 5.97 Å². The fourth-order valence-electron chi connectivity index (χ4n) is 2.44. The summed E-state index contributed by atoms with van der Waals surface area (Å²) in [6, 6.07) is 4.63. The van der Waals surface area contributed by atoms with E-state index in [-0.39, 0.29) is 24.5 Å². The number of halogens is 2. The van der Waals surface area contributed by atoms with Crippen LogP contribution < -0.4 is 11.1 Å². The number of ether oxygens (including phenoxy) is 1. The number of nitrogens with two attached hydrogens (primary N) is 1. The first kappa shape index (κ1) is 17.0. The van der Waals surface area contributed by atoms with Crippen LogP contribution in [0.1, 0.15) is 0 Å². The number of anilines is 1. The first-order valence-corrected chi connectivity index (χ1v) is 7.47. The normalized spacial score (nSPS) is 21.6. The van der Waals surface area contributed by atoms with Gasteiger partial charge in [0.05, 0.1) is 35.3 Å². The second-order valence-corrected chi connectivity index (χ2v) is 5.95. The molecular weight excluding hydrogens is 329 g/mol. The summed E-state index contributed by atoms with van der Waals surface area (Å²) in [4.78, 5) is 25.5. The van der Waals surface area contributed by atoms with Crippen molar-refractivity contribution in [3.63, 3.8) is 0 Å². The monoisotopic (exact) mass is 345 g/mol. The molecule has 1 fully saturated rings. The minimum Gasteiger partial charge on any atom is -0.469 e. The predicted molar refractivity (Wildman–Crippen MR) is 85.0 cm³/mol. The highest BCUT2D eigenvalue weighted by atomic mass is 35.5. The minimum atomic E-state index is -0.415. The van der Waals surface area contributed by atoms with Crippen molar-refractivity contribution in [2.24, 2.45) is 11.7 Å². The van der Waals surface area contributed by atoms with Gasteiger partial charge < -0.3 is 15.8 Å². The molecule has 120 valence electrons. The molecule has 1 aliphatic heterocycles. The van der Waals surface area contributed by atoms with Crippen molar-refractivity contribution in [2.45, 2.75) is 6.04 Å². The number of esters is 1. The van der Waals surface area contributed by atoms with Gasteiger partial charge in [0.15, 0.2) is 0 Å². The van der Waals surface area contributed by atoms with E-state index in [1.165, 1.54) is 7.11 Å². The van der Waals surface area contributed by atoms with Crippen molar-refractivity contribution in [1.29, 1.82) is 0 Å². The number of para-hydroxylation sites is 1. The number of methoxy groups -OCH3 is 1. The largest absolute Gasteiger partial charge is 0.469 e. The third kappa shape index (κ3) is 3.89. The molecular formula is C14H17Cl2N3O3. The Morgan fingerprint density at radius 3 is 2.59 bits per heavy atom. The van der Waals surface area contributed by atoms with Gasteiger partial charge in [-0.2, -0.15) is 0 Å². The summed E-state index contributed by atoms with van der Waals surface area (Å²) in [5, 5.41) is 3.41. The topological polar surface area (TPSA) is 84.7 Å². The molecule has 0 bridgehead atoms. The van der Waals surface area contributed by atoms with Crippen molar-refractivity contribution < 1.29 is 14.3 Å². The van der Waals surface area contributed by atoms with Gasteiger partial charge in [-0.15, -0.1) is 0 Å². The summed E-state index contributed by atoms with van der Waals surface area (Å²) >= 11 is 12.0. The molecule has 1 saturated heterocycles. The lowest BCUT2D eigenvalue weighted by atomic mass is 10.1. The van der Waals surface area contributed by atoms with Gasteiger partial charge in [0.2, 0.25) is 5.91 Å². The quantitative estimate of drug-likeness (QED) is 0.805. The molecule has 2 rings (SSSR count). The lowest BCUT2D eigenvalue weighted by Gasteiger charge is -2.16. The van der Waals surface area contributed by atoms with Crippen LogP contribution >= 0.6 is 23.2 Å². The number of hydrogen-bond acceptors (Lipinski definition) is 5. The summed E-state index contributed by atoms with van der Waals surface area (Å²) in [6.07, 6.45) is 0. The van der Waals surface area contributed by atoms with E-state index < -0.39 is 5.92 Å². The second kappa shape index (κ2) is 7.28. The first-order chi connectivity index (χ1) is 10.4. The molecule has 22 heavy (non-hydrogen) atoms. The maximum absolute atomic E-state index is 12.1. The van der Waals surface area contributed by atoms with Crippen molar-refractivity contribution in [1.82, 2.24) is 4.90 Å². The zero-order valence-corrected chi connectivity index (χ0v) is 13.5. The highest BCUT2D eigenvalue weighted by Crippen LogP contribution is 2.29. The molecule has 0 radical (unpaired) electrons. The van der Waals surface area contributed by atoms with Gasteiger partial charge in [-0.05, 0) is 12.1 Å². The molecule has 0 saturated carbocycles. The Bertz CT molecular complexity index is 562. The molecule has 1 aromatic rings. The van der Waals surface area contributed by atoms with Gasteiger partial charge in [-0.3, -0.25) is 14.5 Å². The maximum atomic E-state index is 12.1. The second-order valence-electron chi connectivity index (χ2n) is 5.13. The van der Waals surface area contributed by atoms with E-state index in [0.717, 1.165) is 0 Å². The van der Waals surface area contributed by atoms with Gasteiger partial charge in [-0.25, -0.2) is 0 Å². The number of hydrogen-bond donors (Lipinski definition) is 2. The zero-order chi connectivity index (χ0) is 16.3. The molecule has 1 aliphatic rings. The molecule has 0 spiro atoms. The Balaban J connectivity index is 1.95. The van der Waals surface area contributed by atoms with E-state index in [0.29, 0.717) is 28.8 Å². The third-order valence-corrected chi connectivity index (χ3v) is 4.17. The number of likely N-dealkylation sites (tertiary alicyclic amines) is 1. The average molecular weight is 346 g/mol. The van der Waals surface area contributed by atoms with Gasteiger partial charge in [0.1, 0.15) is 0 Å². The van der Waals surface area contributed by atoms with Crippen LogP contribution in [0.2, 0.25) is 10.0 Å². The number of nitrogens with one attached hydrogen (secondary N) is 1. The average Bonchev–Trinajstić information content (AvgIpc) is 2.83. The van der Waals surface area contributed by atoms with E-state index >= 15 is 0 Å². The van der Waals surface area contributed by atoms with E-state index in [9.17, 15) is 9.59 Å². The van der Waals surface area contributed by atoms with Crippen LogP contribution in [-0.2, 0) is 14.3 Å². The van der Waals surface area contributed by atoms with Crippen LogP contribution in [-0.4, -0.2) is 49.6 Å². The number of carbonyl (C=O) groups excluding carboxylic acids is 2. The number of rotatable bonds is 4. The summed E-state index contributed by atoms with van der Waals surface area (Å²) in [5.41, 5.74) is 6.28. The van der Waals surface area contributed by atoms with Gasteiger partial charge in [-0.1, -0.05) is 29.3 Å². The maximum Gasteiger partial charge on any atom is 0.311 e. The lowest BCUT2D eigenvalue weighted by molar-refractivity contribution is -0.145. The number of amides is 1. The fraction of sp³-hybridized carbons (Fsp3) is 0.429. The Kier molecular flexibility index (Phi) is 5.63.